The van der Waals surface area contributed by atoms with E-state index in [1.54, 1.807) is 48.4 Å². The van der Waals surface area contributed by atoms with E-state index in [1.165, 1.54) is 6.07 Å². The molecule has 1 saturated heterocycles. The van der Waals surface area contributed by atoms with Crippen LogP contribution in [0.2, 0.25) is 0 Å². The van der Waals surface area contributed by atoms with Gasteiger partial charge in [-0.2, -0.15) is 0 Å². The molecule has 2 aromatic carbocycles. The molecule has 1 aliphatic heterocycles. The molecule has 3 rings (SSSR count). The van der Waals surface area contributed by atoms with Gasteiger partial charge >= 0.3 is 0 Å². The number of carbonyl (C=O) groups excluding carboxylic acids is 1. The Hall–Kier alpha value is -3.09. The fraction of sp³-hybridized carbons (Fsp3) is 0.278. The quantitative estimate of drug-likeness (QED) is 0.631. The summed E-state index contributed by atoms with van der Waals surface area (Å²) in [5.74, 6) is 0.466. The first-order valence-corrected chi connectivity index (χ1v) is 8.02. The number of amides is 1. The third-order valence-electron chi connectivity index (χ3n) is 4.32. The lowest BCUT2D eigenvalue weighted by Gasteiger charge is -2.36. The number of nitrogens with zero attached hydrogens (tertiary/aromatic N) is 3. The molecule has 1 amide bonds. The fourth-order valence-corrected chi connectivity index (χ4v) is 3.03. The Morgan fingerprint density at radius 3 is 2.36 bits per heavy atom. The zero-order valence-electron chi connectivity index (χ0n) is 13.9. The maximum Gasteiger partial charge on any atom is 0.292 e. The Labute approximate surface area is 145 Å². The number of para-hydroxylation sites is 3. The van der Waals surface area contributed by atoms with Gasteiger partial charge in [-0.05, 0) is 18.2 Å². The number of carbonyl (C=O) groups is 1. The highest BCUT2D eigenvalue weighted by atomic mass is 16.6. The molecule has 0 bridgehead atoms. The second kappa shape index (κ2) is 7.21. The minimum absolute atomic E-state index is 0.0836. The first-order chi connectivity index (χ1) is 12.1. The van der Waals surface area contributed by atoms with E-state index in [-0.39, 0.29) is 16.5 Å². The molecule has 0 aliphatic carbocycles. The molecule has 1 heterocycles. The van der Waals surface area contributed by atoms with Gasteiger partial charge in [0.2, 0.25) is 0 Å². The first kappa shape index (κ1) is 16.8. The molecule has 0 spiro atoms. The summed E-state index contributed by atoms with van der Waals surface area (Å²) in [6, 6.07) is 13.8. The lowest BCUT2D eigenvalue weighted by atomic mass is 10.1. The minimum Gasteiger partial charge on any atom is -0.496 e. The van der Waals surface area contributed by atoms with Crippen molar-refractivity contribution in [3.63, 3.8) is 0 Å². The zero-order chi connectivity index (χ0) is 17.8. The van der Waals surface area contributed by atoms with Gasteiger partial charge in [0, 0.05) is 32.2 Å². The van der Waals surface area contributed by atoms with Crippen LogP contribution in [0.1, 0.15) is 10.4 Å². The molecule has 7 nitrogen and oxygen atoms in total. The molecule has 1 fully saturated rings. The van der Waals surface area contributed by atoms with Gasteiger partial charge in [-0.1, -0.05) is 24.3 Å². The van der Waals surface area contributed by atoms with Crippen molar-refractivity contribution in [1.82, 2.24) is 4.90 Å². The van der Waals surface area contributed by atoms with Gasteiger partial charge in [-0.3, -0.25) is 14.9 Å². The Morgan fingerprint density at radius 1 is 1.04 bits per heavy atom. The van der Waals surface area contributed by atoms with E-state index in [4.69, 9.17) is 4.74 Å². The maximum absolute atomic E-state index is 12.7. The predicted octanol–water partition coefficient (Wildman–Crippen LogP) is 2.57. The number of hydrogen-bond donors (Lipinski definition) is 0. The van der Waals surface area contributed by atoms with Crippen LogP contribution < -0.4 is 9.64 Å². The van der Waals surface area contributed by atoms with Gasteiger partial charge in [0.15, 0.2) is 0 Å². The number of ether oxygens (including phenoxy) is 1. The number of piperazine rings is 1. The highest BCUT2D eigenvalue weighted by Gasteiger charge is 2.27. The second-order valence-electron chi connectivity index (χ2n) is 5.73. The Balaban J connectivity index is 1.72. The number of nitro groups is 1. The van der Waals surface area contributed by atoms with E-state index in [1.807, 2.05) is 11.0 Å². The molecule has 25 heavy (non-hydrogen) atoms. The lowest BCUT2D eigenvalue weighted by molar-refractivity contribution is -0.384. The van der Waals surface area contributed by atoms with Crippen molar-refractivity contribution in [3.05, 3.63) is 64.2 Å². The van der Waals surface area contributed by atoms with Gasteiger partial charge in [0.1, 0.15) is 11.4 Å². The summed E-state index contributed by atoms with van der Waals surface area (Å²) in [7, 11) is 1.54. The van der Waals surface area contributed by atoms with E-state index in [0.717, 1.165) is 0 Å². The summed E-state index contributed by atoms with van der Waals surface area (Å²) in [4.78, 5) is 27.2. The van der Waals surface area contributed by atoms with Crippen LogP contribution >= 0.6 is 0 Å². The van der Waals surface area contributed by atoms with Gasteiger partial charge in [-0.25, -0.2) is 0 Å². The van der Waals surface area contributed by atoms with Gasteiger partial charge in [-0.15, -0.1) is 0 Å². The Kier molecular flexibility index (Phi) is 4.83. The fourth-order valence-electron chi connectivity index (χ4n) is 3.03. The molecule has 0 saturated carbocycles. The largest absolute Gasteiger partial charge is 0.496 e. The number of benzene rings is 2. The second-order valence-corrected chi connectivity index (χ2v) is 5.73. The highest BCUT2D eigenvalue weighted by molar-refractivity contribution is 5.97. The summed E-state index contributed by atoms with van der Waals surface area (Å²) in [6.45, 7) is 2.10. The van der Waals surface area contributed by atoms with Crippen LogP contribution in [0.5, 0.6) is 5.75 Å². The lowest BCUT2D eigenvalue weighted by Crippen LogP contribution is -2.49. The van der Waals surface area contributed by atoms with Gasteiger partial charge in [0.25, 0.3) is 11.6 Å². The van der Waals surface area contributed by atoms with Gasteiger partial charge in [0.05, 0.1) is 17.6 Å². The summed E-state index contributed by atoms with van der Waals surface area (Å²) in [5.41, 5.74) is 1.22. The molecule has 0 atom stereocenters. The summed E-state index contributed by atoms with van der Waals surface area (Å²) >= 11 is 0. The summed E-state index contributed by atoms with van der Waals surface area (Å²) in [6.07, 6.45) is 0. The average Bonchev–Trinajstić information content (AvgIpc) is 2.67. The number of anilines is 1. The number of hydrogen-bond acceptors (Lipinski definition) is 5. The third-order valence-corrected chi connectivity index (χ3v) is 4.32. The van der Waals surface area contributed by atoms with Crippen LogP contribution in [-0.4, -0.2) is 49.0 Å². The molecule has 0 N–H and O–H groups in total. The smallest absolute Gasteiger partial charge is 0.292 e. The molecule has 7 heteroatoms. The van der Waals surface area contributed by atoms with Crippen molar-refractivity contribution < 1.29 is 14.5 Å². The maximum atomic E-state index is 12.7. The molecular formula is C18H19N3O4. The SMILES string of the molecule is COc1ccccc1C(=O)N1CCN(c2ccccc2[N+](=O)[O-])CC1. The molecule has 2 aromatic rings. The van der Waals surface area contributed by atoms with E-state index < -0.39 is 0 Å². The van der Waals surface area contributed by atoms with Crippen molar-refractivity contribution in [2.45, 2.75) is 0 Å². The van der Waals surface area contributed by atoms with Crippen molar-refractivity contribution in [2.75, 3.05) is 38.2 Å². The monoisotopic (exact) mass is 341 g/mol. The highest BCUT2D eigenvalue weighted by Crippen LogP contribution is 2.29. The molecule has 130 valence electrons. The van der Waals surface area contributed by atoms with Crippen molar-refractivity contribution in [3.8, 4) is 5.75 Å². The van der Waals surface area contributed by atoms with Crippen molar-refractivity contribution >= 4 is 17.3 Å². The topological polar surface area (TPSA) is 75.9 Å². The van der Waals surface area contributed by atoms with Gasteiger partial charge < -0.3 is 14.5 Å². The van der Waals surface area contributed by atoms with Crippen LogP contribution in [-0.2, 0) is 0 Å². The van der Waals surface area contributed by atoms with E-state index in [2.05, 4.69) is 0 Å². The molecular weight excluding hydrogens is 322 g/mol. The van der Waals surface area contributed by atoms with E-state index >= 15 is 0 Å². The number of methoxy groups -OCH3 is 1. The Morgan fingerprint density at radius 2 is 1.68 bits per heavy atom. The molecule has 0 aromatic heterocycles. The number of nitro benzene ring substituents is 1. The summed E-state index contributed by atoms with van der Waals surface area (Å²) < 4.78 is 5.26. The van der Waals surface area contributed by atoms with Crippen LogP contribution in [0.15, 0.2) is 48.5 Å². The van der Waals surface area contributed by atoms with Crippen LogP contribution in [0.3, 0.4) is 0 Å². The van der Waals surface area contributed by atoms with Crippen molar-refractivity contribution in [2.24, 2.45) is 0 Å². The van der Waals surface area contributed by atoms with E-state index in [9.17, 15) is 14.9 Å². The van der Waals surface area contributed by atoms with Crippen LogP contribution in [0.25, 0.3) is 0 Å². The predicted molar refractivity (Wildman–Crippen MR) is 94.2 cm³/mol. The minimum atomic E-state index is -0.373. The third kappa shape index (κ3) is 3.40. The van der Waals surface area contributed by atoms with Crippen LogP contribution in [0.4, 0.5) is 11.4 Å². The normalized spacial score (nSPS) is 14.3. The molecule has 0 unspecified atom stereocenters. The average molecular weight is 341 g/mol. The molecule has 0 radical (unpaired) electrons. The van der Waals surface area contributed by atoms with Crippen LogP contribution in [0, 0.1) is 10.1 Å². The first-order valence-electron chi connectivity index (χ1n) is 8.02. The number of rotatable bonds is 4. The van der Waals surface area contributed by atoms with Crippen molar-refractivity contribution in [1.29, 1.82) is 0 Å². The van der Waals surface area contributed by atoms with E-state index in [0.29, 0.717) is 43.2 Å². The zero-order valence-corrected chi connectivity index (χ0v) is 13.9. The Bertz CT molecular complexity index is 785. The summed E-state index contributed by atoms with van der Waals surface area (Å²) in [5, 5.41) is 11.2. The molecule has 1 aliphatic rings. The standard InChI is InChI=1S/C18H19N3O4/c1-25-17-9-5-2-6-14(17)18(22)20-12-10-19(11-13-20)15-7-3-4-8-16(15)21(23)24/h2-9H,10-13H2,1H3.